The first-order valence-electron chi connectivity index (χ1n) is 4.95. The molecule has 0 aliphatic carbocycles. The predicted molar refractivity (Wildman–Crippen MR) is 69.6 cm³/mol. The molecule has 0 saturated carbocycles. The van der Waals surface area contributed by atoms with Gasteiger partial charge in [-0.1, -0.05) is 12.1 Å². The Balaban J connectivity index is 2.24. The summed E-state index contributed by atoms with van der Waals surface area (Å²) < 4.78 is 0.938. The highest BCUT2D eigenvalue weighted by Crippen LogP contribution is 2.24. The van der Waals surface area contributed by atoms with Crippen LogP contribution in [0.15, 0.2) is 47.2 Å². The van der Waals surface area contributed by atoms with E-state index in [2.05, 4.69) is 26.2 Å². The number of anilines is 2. The molecule has 1 heterocycles. The zero-order valence-corrected chi connectivity index (χ0v) is 10.2. The fourth-order valence-electron chi connectivity index (χ4n) is 1.41. The largest absolute Gasteiger partial charge is 0.355 e. The molecule has 16 heavy (non-hydrogen) atoms. The van der Waals surface area contributed by atoms with Gasteiger partial charge in [0.05, 0.1) is 10.2 Å². The van der Waals surface area contributed by atoms with E-state index in [4.69, 9.17) is 5.73 Å². The summed E-state index contributed by atoms with van der Waals surface area (Å²) in [5, 5.41) is 3.30. The molecule has 0 aliphatic heterocycles. The van der Waals surface area contributed by atoms with Crippen LogP contribution in [0.25, 0.3) is 0 Å². The number of nitrogens with zero attached hydrogens (tertiary/aromatic N) is 1. The van der Waals surface area contributed by atoms with Crippen molar-refractivity contribution in [1.29, 1.82) is 0 Å². The average molecular weight is 278 g/mol. The summed E-state index contributed by atoms with van der Waals surface area (Å²) in [7, 11) is 0. The Morgan fingerprint density at radius 2 is 2.19 bits per heavy atom. The number of benzene rings is 1. The van der Waals surface area contributed by atoms with Gasteiger partial charge in [0.25, 0.3) is 0 Å². The van der Waals surface area contributed by atoms with Crippen molar-refractivity contribution in [2.45, 2.75) is 6.54 Å². The summed E-state index contributed by atoms with van der Waals surface area (Å²) >= 11 is 3.44. The minimum absolute atomic E-state index is 0.549. The van der Waals surface area contributed by atoms with E-state index in [1.54, 1.807) is 12.4 Å². The number of hydrogen-bond acceptors (Lipinski definition) is 3. The van der Waals surface area contributed by atoms with Crippen LogP contribution in [0.5, 0.6) is 0 Å². The monoisotopic (exact) mass is 277 g/mol. The first-order chi connectivity index (χ1) is 7.79. The molecular weight excluding hydrogens is 266 g/mol. The molecule has 1 aromatic carbocycles. The molecule has 0 radical (unpaired) electrons. The van der Waals surface area contributed by atoms with Crippen LogP contribution in [-0.2, 0) is 6.54 Å². The molecule has 0 amide bonds. The summed E-state index contributed by atoms with van der Waals surface area (Å²) in [4.78, 5) is 4.01. The van der Waals surface area contributed by atoms with Gasteiger partial charge in [-0.15, -0.1) is 0 Å². The van der Waals surface area contributed by atoms with Gasteiger partial charge >= 0.3 is 0 Å². The fourth-order valence-corrected chi connectivity index (χ4v) is 1.76. The van der Waals surface area contributed by atoms with Gasteiger partial charge in [-0.05, 0) is 39.7 Å². The molecule has 82 valence electrons. The van der Waals surface area contributed by atoms with Gasteiger partial charge in [0.2, 0.25) is 0 Å². The van der Waals surface area contributed by atoms with Gasteiger partial charge in [-0.25, -0.2) is 0 Å². The van der Waals surface area contributed by atoms with E-state index in [-0.39, 0.29) is 0 Å². The molecule has 0 atom stereocenters. The van der Waals surface area contributed by atoms with Crippen LogP contribution in [0.1, 0.15) is 5.56 Å². The third-order valence-electron chi connectivity index (χ3n) is 2.21. The highest BCUT2D eigenvalue weighted by molar-refractivity contribution is 9.10. The van der Waals surface area contributed by atoms with E-state index >= 15 is 0 Å². The van der Waals surface area contributed by atoms with Crippen molar-refractivity contribution >= 4 is 27.3 Å². The molecule has 0 fully saturated rings. The maximum absolute atomic E-state index is 5.59. The zero-order valence-electron chi connectivity index (χ0n) is 8.65. The molecule has 2 aromatic rings. The van der Waals surface area contributed by atoms with Crippen LogP contribution in [0.3, 0.4) is 0 Å². The Morgan fingerprint density at radius 3 is 2.94 bits per heavy atom. The number of nitrogens with two attached hydrogens (primary N) is 1. The van der Waals surface area contributed by atoms with E-state index < -0.39 is 0 Å². The second-order valence-electron chi connectivity index (χ2n) is 3.39. The number of hydrogen-bond donors (Lipinski definition) is 2. The fraction of sp³-hybridized carbons (Fsp3) is 0.0833. The topological polar surface area (TPSA) is 50.9 Å². The maximum atomic E-state index is 5.59. The lowest BCUT2D eigenvalue weighted by Gasteiger charge is -2.08. The normalized spacial score (nSPS) is 10.1. The smallest absolute Gasteiger partial charge is 0.0593 e. The molecule has 3 N–H and O–H groups in total. The summed E-state index contributed by atoms with van der Waals surface area (Å²) in [5.74, 6) is 0. The quantitative estimate of drug-likeness (QED) is 0.907. The summed E-state index contributed by atoms with van der Waals surface area (Å²) in [6.07, 6.45) is 3.51. The van der Waals surface area contributed by atoms with Gasteiger partial charge in [-0.3, -0.25) is 4.98 Å². The Kier molecular flexibility index (Phi) is 3.54. The molecule has 0 aliphatic rings. The van der Waals surface area contributed by atoms with E-state index in [0.717, 1.165) is 21.4 Å². The van der Waals surface area contributed by atoms with Crippen molar-refractivity contribution in [3.63, 3.8) is 0 Å². The van der Waals surface area contributed by atoms with Crippen LogP contribution in [0.4, 0.5) is 11.4 Å². The Hall–Kier alpha value is -1.39. The molecule has 1 aromatic heterocycles. The zero-order chi connectivity index (χ0) is 11.4. The van der Waals surface area contributed by atoms with Crippen molar-refractivity contribution in [3.8, 4) is 0 Å². The molecular formula is C12H12BrN3. The lowest BCUT2D eigenvalue weighted by Crippen LogP contribution is -1.97. The van der Waals surface area contributed by atoms with Crippen LogP contribution >= 0.6 is 15.9 Å². The van der Waals surface area contributed by atoms with Gasteiger partial charge in [0.1, 0.15) is 0 Å². The van der Waals surface area contributed by atoms with Crippen LogP contribution in [0, 0.1) is 0 Å². The molecule has 4 heteroatoms. The van der Waals surface area contributed by atoms with Crippen molar-refractivity contribution < 1.29 is 0 Å². The van der Waals surface area contributed by atoms with E-state index in [0.29, 0.717) is 6.54 Å². The number of nitrogens with one attached hydrogen (secondary N) is 1. The molecule has 2 rings (SSSR count). The van der Waals surface area contributed by atoms with Crippen molar-refractivity contribution in [3.05, 3.63) is 52.8 Å². The van der Waals surface area contributed by atoms with Crippen molar-refractivity contribution in [2.24, 2.45) is 5.73 Å². The average Bonchev–Trinajstić information content (AvgIpc) is 2.32. The molecule has 3 nitrogen and oxygen atoms in total. The minimum atomic E-state index is 0.549. The Labute approximate surface area is 103 Å². The number of aromatic nitrogens is 1. The standard InChI is InChI=1S/C12H12BrN3/c13-11-8-15-5-4-12(11)16-10-3-1-2-9(6-10)7-14/h1-6,8H,7,14H2,(H,15,16). The molecule has 0 saturated heterocycles. The van der Waals surface area contributed by atoms with Gasteiger partial charge in [-0.2, -0.15) is 0 Å². The van der Waals surface area contributed by atoms with E-state index in [1.165, 1.54) is 0 Å². The Morgan fingerprint density at radius 1 is 1.31 bits per heavy atom. The van der Waals surface area contributed by atoms with Crippen molar-refractivity contribution in [2.75, 3.05) is 5.32 Å². The van der Waals surface area contributed by atoms with Gasteiger partial charge in [0, 0.05) is 24.6 Å². The molecule has 0 spiro atoms. The number of pyridine rings is 1. The second-order valence-corrected chi connectivity index (χ2v) is 4.24. The van der Waals surface area contributed by atoms with Crippen LogP contribution in [0.2, 0.25) is 0 Å². The Bertz CT molecular complexity index is 485. The first kappa shape index (κ1) is 11.1. The highest BCUT2D eigenvalue weighted by atomic mass is 79.9. The molecule has 0 bridgehead atoms. The lowest BCUT2D eigenvalue weighted by atomic mass is 10.2. The summed E-state index contributed by atoms with van der Waals surface area (Å²) in [5.41, 5.74) is 8.71. The van der Waals surface area contributed by atoms with Crippen molar-refractivity contribution in [1.82, 2.24) is 4.98 Å². The van der Waals surface area contributed by atoms with Crippen LogP contribution in [-0.4, -0.2) is 4.98 Å². The first-order valence-corrected chi connectivity index (χ1v) is 5.74. The number of rotatable bonds is 3. The van der Waals surface area contributed by atoms with Gasteiger partial charge < -0.3 is 11.1 Å². The van der Waals surface area contributed by atoms with Gasteiger partial charge in [0.15, 0.2) is 0 Å². The van der Waals surface area contributed by atoms with E-state index in [9.17, 15) is 0 Å². The maximum Gasteiger partial charge on any atom is 0.0593 e. The lowest BCUT2D eigenvalue weighted by molar-refractivity contribution is 1.07. The minimum Gasteiger partial charge on any atom is -0.355 e. The highest BCUT2D eigenvalue weighted by Gasteiger charge is 1.99. The third-order valence-corrected chi connectivity index (χ3v) is 2.85. The predicted octanol–water partition coefficient (Wildman–Crippen LogP) is 3.05. The van der Waals surface area contributed by atoms with Crippen LogP contribution < -0.4 is 11.1 Å². The third kappa shape index (κ3) is 2.59. The molecule has 0 unspecified atom stereocenters. The summed E-state index contributed by atoms with van der Waals surface area (Å²) in [6, 6.07) is 9.95. The number of halogens is 1. The second kappa shape index (κ2) is 5.09. The SMILES string of the molecule is NCc1cccc(Nc2ccncc2Br)c1. The van der Waals surface area contributed by atoms with E-state index in [1.807, 2.05) is 30.3 Å². The summed E-state index contributed by atoms with van der Waals surface area (Å²) in [6.45, 7) is 0.549.